The molecule has 0 saturated heterocycles. The van der Waals surface area contributed by atoms with Gasteiger partial charge in [-0.25, -0.2) is 0 Å². The molecule has 0 radical (unpaired) electrons. The van der Waals surface area contributed by atoms with Crippen LogP contribution in [0, 0.1) is 11.3 Å². The summed E-state index contributed by atoms with van der Waals surface area (Å²) in [6.07, 6.45) is 5.06. The Morgan fingerprint density at radius 1 is 1.19 bits per heavy atom. The number of hydrogen-bond acceptors (Lipinski definition) is 2. The highest BCUT2D eigenvalue weighted by atomic mass is 16.4. The summed E-state index contributed by atoms with van der Waals surface area (Å²) < 4.78 is 0. The van der Waals surface area contributed by atoms with Gasteiger partial charge in [-0.1, -0.05) is 26.2 Å². The third-order valence-corrected chi connectivity index (χ3v) is 3.91. The van der Waals surface area contributed by atoms with Gasteiger partial charge >= 0.3 is 11.9 Å². The standard InChI is InChI=1S/C12H20O4/c1-2-12(11(15)16,8-10(13)14)9-6-4-3-5-7-9/h9H,2-8H2,1H3,(H,13,14)(H,15,16). The average molecular weight is 228 g/mol. The lowest BCUT2D eigenvalue weighted by molar-refractivity contribution is -0.161. The molecule has 1 aliphatic rings. The van der Waals surface area contributed by atoms with Crippen LogP contribution in [0.4, 0.5) is 0 Å². The van der Waals surface area contributed by atoms with Crippen molar-refractivity contribution in [1.29, 1.82) is 0 Å². The summed E-state index contributed by atoms with van der Waals surface area (Å²) >= 11 is 0. The summed E-state index contributed by atoms with van der Waals surface area (Å²) in [5.41, 5.74) is -1.05. The lowest BCUT2D eigenvalue weighted by Crippen LogP contribution is -2.41. The average Bonchev–Trinajstić information content (AvgIpc) is 2.26. The second-order valence-electron chi connectivity index (χ2n) is 4.72. The highest BCUT2D eigenvalue weighted by Crippen LogP contribution is 2.43. The minimum Gasteiger partial charge on any atom is -0.481 e. The molecule has 0 bridgehead atoms. The smallest absolute Gasteiger partial charge is 0.310 e. The molecule has 4 nitrogen and oxygen atoms in total. The van der Waals surface area contributed by atoms with Gasteiger partial charge in [0.15, 0.2) is 0 Å². The molecule has 2 N–H and O–H groups in total. The third-order valence-electron chi connectivity index (χ3n) is 3.91. The molecule has 1 aliphatic carbocycles. The first-order valence-electron chi connectivity index (χ1n) is 5.98. The lowest BCUT2D eigenvalue weighted by atomic mass is 9.65. The Morgan fingerprint density at radius 3 is 2.12 bits per heavy atom. The van der Waals surface area contributed by atoms with Crippen LogP contribution in [0.1, 0.15) is 51.9 Å². The number of aliphatic carboxylic acids is 2. The molecular weight excluding hydrogens is 208 g/mol. The summed E-state index contributed by atoms with van der Waals surface area (Å²) in [6.45, 7) is 1.78. The molecule has 1 fully saturated rings. The van der Waals surface area contributed by atoms with E-state index in [-0.39, 0.29) is 12.3 Å². The quantitative estimate of drug-likeness (QED) is 0.758. The molecule has 1 rings (SSSR count). The van der Waals surface area contributed by atoms with Crippen LogP contribution in [0.15, 0.2) is 0 Å². The second-order valence-corrected chi connectivity index (χ2v) is 4.72. The Labute approximate surface area is 95.7 Å². The van der Waals surface area contributed by atoms with Crippen molar-refractivity contribution < 1.29 is 19.8 Å². The molecule has 1 atom stereocenters. The largest absolute Gasteiger partial charge is 0.481 e. The zero-order chi connectivity index (χ0) is 12.2. The molecule has 1 unspecified atom stereocenters. The van der Waals surface area contributed by atoms with E-state index in [4.69, 9.17) is 5.11 Å². The maximum Gasteiger partial charge on any atom is 0.310 e. The molecule has 16 heavy (non-hydrogen) atoms. The summed E-state index contributed by atoms with van der Waals surface area (Å²) in [4.78, 5) is 22.3. The Kier molecular flexibility index (Phi) is 4.33. The van der Waals surface area contributed by atoms with Crippen LogP contribution in [0.25, 0.3) is 0 Å². The molecule has 0 amide bonds. The van der Waals surface area contributed by atoms with Gasteiger partial charge in [0.05, 0.1) is 11.8 Å². The predicted molar refractivity (Wildman–Crippen MR) is 59.2 cm³/mol. The fourth-order valence-corrected chi connectivity index (χ4v) is 2.88. The van der Waals surface area contributed by atoms with Crippen molar-refractivity contribution >= 4 is 11.9 Å². The van der Waals surface area contributed by atoms with Gasteiger partial charge in [0, 0.05) is 0 Å². The van der Waals surface area contributed by atoms with Crippen molar-refractivity contribution in [2.75, 3.05) is 0 Å². The number of rotatable bonds is 5. The van der Waals surface area contributed by atoms with Crippen LogP contribution >= 0.6 is 0 Å². The van der Waals surface area contributed by atoms with Crippen molar-refractivity contribution in [3.63, 3.8) is 0 Å². The second kappa shape index (κ2) is 5.32. The molecule has 0 heterocycles. The zero-order valence-corrected chi connectivity index (χ0v) is 9.74. The van der Waals surface area contributed by atoms with E-state index >= 15 is 0 Å². The number of carboxylic acid groups (broad SMARTS) is 2. The van der Waals surface area contributed by atoms with Crippen molar-refractivity contribution in [3.8, 4) is 0 Å². The van der Waals surface area contributed by atoms with Crippen LogP contribution in [-0.4, -0.2) is 22.2 Å². The van der Waals surface area contributed by atoms with Crippen LogP contribution < -0.4 is 0 Å². The van der Waals surface area contributed by atoms with Gasteiger partial charge in [0.25, 0.3) is 0 Å². The molecule has 0 aliphatic heterocycles. The van der Waals surface area contributed by atoms with Gasteiger partial charge in [0.1, 0.15) is 0 Å². The maximum atomic E-state index is 11.4. The summed E-state index contributed by atoms with van der Waals surface area (Å²) in [5.74, 6) is -1.92. The van der Waals surface area contributed by atoms with Crippen LogP contribution in [0.3, 0.4) is 0 Å². The van der Waals surface area contributed by atoms with Crippen LogP contribution in [0.2, 0.25) is 0 Å². The first kappa shape index (κ1) is 13.0. The van der Waals surface area contributed by atoms with E-state index in [1.165, 1.54) is 0 Å². The summed E-state index contributed by atoms with van der Waals surface area (Å²) in [6, 6.07) is 0. The van der Waals surface area contributed by atoms with Gasteiger partial charge in [-0.3, -0.25) is 9.59 Å². The minimum atomic E-state index is -1.05. The number of carboxylic acids is 2. The van der Waals surface area contributed by atoms with Gasteiger partial charge in [-0.05, 0) is 25.2 Å². The molecular formula is C12H20O4. The first-order chi connectivity index (χ1) is 7.53. The first-order valence-corrected chi connectivity index (χ1v) is 5.98. The van der Waals surface area contributed by atoms with E-state index in [0.717, 1.165) is 32.1 Å². The molecule has 92 valence electrons. The van der Waals surface area contributed by atoms with E-state index in [2.05, 4.69) is 0 Å². The zero-order valence-electron chi connectivity index (χ0n) is 9.74. The molecule has 0 spiro atoms. The van der Waals surface area contributed by atoms with Crippen molar-refractivity contribution in [1.82, 2.24) is 0 Å². The number of hydrogen-bond donors (Lipinski definition) is 2. The molecule has 0 aromatic heterocycles. The van der Waals surface area contributed by atoms with Crippen molar-refractivity contribution in [2.24, 2.45) is 11.3 Å². The Balaban J connectivity index is 2.90. The van der Waals surface area contributed by atoms with Crippen molar-refractivity contribution in [2.45, 2.75) is 51.9 Å². The van der Waals surface area contributed by atoms with Gasteiger partial charge in [-0.15, -0.1) is 0 Å². The van der Waals surface area contributed by atoms with Gasteiger partial charge < -0.3 is 10.2 Å². The maximum absolute atomic E-state index is 11.4. The molecule has 4 heteroatoms. The molecule has 0 aromatic carbocycles. The number of carbonyl (C=O) groups is 2. The van der Waals surface area contributed by atoms with Crippen molar-refractivity contribution in [3.05, 3.63) is 0 Å². The van der Waals surface area contributed by atoms with E-state index in [1.807, 2.05) is 0 Å². The Hall–Kier alpha value is -1.06. The molecule has 0 aromatic rings. The topological polar surface area (TPSA) is 74.6 Å². The van der Waals surface area contributed by atoms with Gasteiger partial charge in [-0.2, -0.15) is 0 Å². The van der Waals surface area contributed by atoms with E-state index < -0.39 is 17.4 Å². The van der Waals surface area contributed by atoms with E-state index in [9.17, 15) is 14.7 Å². The predicted octanol–water partition coefficient (Wildman–Crippen LogP) is 2.52. The summed E-state index contributed by atoms with van der Waals surface area (Å²) in [7, 11) is 0. The minimum absolute atomic E-state index is 0.0276. The van der Waals surface area contributed by atoms with Crippen LogP contribution in [0.5, 0.6) is 0 Å². The summed E-state index contributed by atoms with van der Waals surface area (Å²) in [5, 5.41) is 18.3. The van der Waals surface area contributed by atoms with Gasteiger partial charge in [0.2, 0.25) is 0 Å². The van der Waals surface area contributed by atoms with Crippen LogP contribution in [-0.2, 0) is 9.59 Å². The normalized spacial score (nSPS) is 21.3. The third kappa shape index (κ3) is 2.54. The monoisotopic (exact) mass is 228 g/mol. The van der Waals surface area contributed by atoms with E-state index in [0.29, 0.717) is 6.42 Å². The van der Waals surface area contributed by atoms with E-state index in [1.54, 1.807) is 6.92 Å². The highest BCUT2D eigenvalue weighted by Gasteiger charge is 2.46. The fraction of sp³-hybridized carbons (Fsp3) is 0.833. The lowest BCUT2D eigenvalue weighted by Gasteiger charge is -2.37. The Bertz CT molecular complexity index is 268. The SMILES string of the molecule is CCC(CC(=O)O)(C(=O)O)C1CCCCC1. The Morgan fingerprint density at radius 2 is 1.75 bits per heavy atom. The highest BCUT2D eigenvalue weighted by molar-refractivity contribution is 5.81. The fourth-order valence-electron chi connectivity index (χ4n) is 2.88. The molecule has 1 saturated carbocycles.